The average molecular weight is 318 g/mol. The molecule has 0 aliphatic heterocycles. The normalized spacial score (nSPS) is 13.2. The second kappa shape index (κ2) is 8.43. The van der Waals surface area contributed by atoms with Crippen LogP contribution in [0.3, 0.4) is 0 Å². The molecule has 1 heterocycles. The second-order valence-corrected chi connectivity index (χ2v) is 7.17. The number of rotatable bonds is 9. The van der Waals surface area contributed by atoms with E-state index in [-0.39, 0.29) is 10.9 Å². The number of thioether (sulfide) groups is 1. The fourth-order valence-electron chi connectivity index (χ4n) is 1.47. The molecule has 20 heavy (non-hydrogen) atoms. The molecule has 0 saturated heterocycles. The van der Waals surface area contributed by atoms with Crippen molar-refractivity contribution in [1.29, 1.82) is 0 Å². The standard InChI is InChI=1S/C12H22N4O2S2/c1-4-6-13-12-14-8-11(9-15-12)20(17,18)16-10(2)5-7-19-3/h8-10,16H,4-7H2,1-3H3,(H,13,14,15). The van der Waals surface area contributed by atoms with Crippen molar-refractivity contribution in [2.45, 2.75) is 37.6 Å². The van der Waals surface area contributed by atoms with E-state index in [2.05, 4.69) is 20.0 Å². The number of anilines is 1. The first kappa shape index (κ1) is 17.2. The van der Waals surface area contributed by atoms with Crippen molar-refractivity contribution in [2.75, 3.05) is 23.9 Å². The topological polar surface area (TPSA) is 84.0 Å². The van der Waals surface area contributed by atoms with Crippen molar-refractivity contribution in [3.05, 3.63) is 12.4 Å². The van der Waals surface area contributed by atoms with Crippen LogP contribution >= 0.6 is 11.8 Å². The third kappa shape index (κ3) is 5.64. The van der Waals surface area contributed by atoms with Gasteiger partial charge in [-0.25, -0.2) is 23.1 Å². The highest BCUT2D eigenvalue weighted by molar-refractivity contribution is 7.98. The van der Waals surface area contributed by atoms with Crippen LogP contribution in [0.15, 0.2) is 17.3 Å². The van der Waals surface area contributed by atoms with Crippen molar-refractivity contribution < 1.29 is 8.42 Å². The predicted octanol–water partition coefficient (Wildman–Crippen LogP) is 1.72. The number of hydrogen-bond acceptors (Lipinski definition) is 6. The fourth-order valence-corrected chi connectivity index (χ4v) is 3.23. The largest absolute Gasteiger partial charge is 0.354 e. The number of sulfonamides is 1. The van der Waals surface area contributed by atoms with Gasteiger partial charge in [-0.3, -0.25) is 0 Å². The van der Waals surface area contributed by atoms with E-state index in [0.717, 1.165) is 25.1 Å². The van der Waals surface area contributed by atoms with Gasteiger partial charge >= 0.3 is 0 Å². The average Bonchev–Trinajstić information content (AvgIpc) is 2.43. The molecule has 0 saturated carbocycles. The maximum atomic E-state index is 12.1. The minimum atomic E-state index is -3.54. The summed E-state index contributed by atoms with van der Waals surface area (Å²) in [6.45, 7) is 4.65. The Labute approximate surface area is 125 Å². The molecule has 1 unspecified atom stereocenters. The fraction of sp³-hybridized carbons (Fsp3) is 0.667. The van der Waals surface area contributed by atoms with Crippen LogP contribution in [-0.2, 0) is 10.0 Å². The SMILES string of the molecule is CCCNc1ncc(S(=O)(=O)NC(C)CCSC)cn1. The molecule has 1 aromatic heterocycles. The summed E-state index contributed by atoms with van der Waals surface area (Å²) in [6, 6.07) is -0.106. The van der Waals surface area contributed by atoms with Crippen LogP contribution in [0.5, 0.6) is 0 Å². The molecular weight excluding hydrogens is 296 g/mol. The summed E-state index contributed by atoms with van der Waals surface area (Å²) in [5.41, 5.74) is 0. The van der Waals surface area contributed by atoms with Gasteiger partial charge in [0, 0.05) is 12.6 Å². The van der Waals surface area contributed by atoms with E-state index < -0.39 is 10.0 Å². The number of nitrogens with one attached hydrogen (secondary N) is 2. The summed E-state index contributed by atoms with van der Waals surface area (Å²) in [5.74, 6) is 1.36. The molecule has 0 radical (unpaired) electrons. The van der Waals surface area contributed by atoms with Crippen LogP contribution < -0.4 is 10.0 Å². The Balaban J connectivity index is 2.67. The molecule has 1 aromatic rings. The Morgan fingerprint density at radius 2 is 2.00 bits per heavy atom. The van der Waals surface area contributed by atoms with Crippen LogP contribution in [0.2, 0.25) is 0 Å². The van der Waals surface area contributed by atoms with Gasteiger partial charge in [0.2, 0.25) is 16.0 Å². The van der Waals surface area contributed by atoms with Crippen LogP contribution in [0.4, 0.5) is 5.95 Å². The Morgan fingerprint density at radius 3 is 2.55 bits per heavy atom. The lowest BCUT2D eigenvalue weighted by Crippen LogP contribution is -2.33. The summed E-state index contributed by atoms with van der Waals surface area (Å²) in [4.78, 5) is 8.11. The number of nitrogens with zero attached hydrogens (tertiary/aromatic N) is 2. The first-order chi connectivity index (χ1) is 9.49. The van der Waals surface area contributed by atoms with Crippen molar-refractivity contribution in [2.24, 2.45) is 0 Å². The molecule has 0 spiro atoms. The Hall–Kier alpha value is -0.860. The minimum Gasteiger partial charge on any atom is -0.354 e. The van der Waals surface area contributed by atoms with Gasteiger partial charge in [0.25, 0.3) is 0 Å². The molecule has 1 atom stereocenters. The lowest BCUT2D eigenvalue weighted by molar-refractivity contribution is 0.556. The van der Waals surface area contributed by atoms with Gasteiger partial charge in [-0.2, -0.15) is 11.8 Å². The summed E-state index contributed by atoms with van der Waals surface area (Å²) in [6.07, 6.45) is 6.40. The summed E-state index contributed by atoms with van der Waals surface area (Å²) < 4.78 is 26.9. The highest BCUT2D eigenvalue weighted by Gasteiger charge is 2.18. The zero-order valence-electron chi connectivity index (χ0n) is 12.1. The molecule has 0 aliphatic rings. The smallest absolute Gasteiger partial charge is 0.243 e. The molecule has 6 nitrogen and oxygen atoms in total. The molecule has 8 heteroatoms. The van der Waals surface area contributed by atoms with E-state index in [9.17, 15) is 8.42 Å². The quantitative estimate of drug-likeness (QED) is 0.721. The highest BCUT2D eigenvalue weighted by Crippen LogP contribution is 2.10. The Kier molecular flexibility index (Phi) is 7.25. The third-order valence-electron chi connectivity index (χ3n) is 2.58. The maximum Gasteiger partial charge on any atom is 0.243 e. The van der Waals surface area contributed by atoms with Crippen LogP contribution in [0, 0.1) is 0 Å². The van der Waals surface area contributed by atoms with E-state index in [0.29, 0.717) is 5.95 Å². The number of hydrogen-bond donors (Lipinski definition) is 2. The first-order valence-electron chi connectivity index (χ1n) is 6.56. The van der Waals surface area contributed by atoms with Gasteiger partial charge in [-0.1, -0.05) is 6.92 Å². The summed E-state index contributed by atoms with van der Waals surface area (Å²) in [7, 11) is -3.54. The molecule has 1 rings (SSSR count). The minimum absolute atomic E-state index is 0.0931. The van der Waals surface area contributed by atoms with Gasteiger partial charge in [0.15, 0.2) is 0 Å². The highest BCUT2D eigenvalue weighted by atomic mass is 32.2. The number of aromatic nitrogens is 2. The van der Waals surface area contributed by atoms with Gasteiger partial charge < -0.3 is 5.32 Å². The Bertz CT molecular complexity index is 491. The first-order valence-corrected chi connectivity index (χ1v) is 9.44. The van der Waals surface area contributed by atoms with Crippen LogP contribution in [0.25, 0.3) is 0 Å². The molecule has 0 aromatic carbocycles. The van der Waals surface area contributed by atoms with Gasteiger partial charge in [-0.05, 0) is 31.8 Å². The van der Waals surface area contributed by atoms with Crippen molar-refractivity contribution in [3.63, 3.8) is 0 Å². The van der Waals surface area contributed by atoms with Gasteiger partial charge in [-0.15, -0.1) is 0 Å². The van der Waals surface area contributed by atoms with Gasteiger partial charge in [0.05, 0.1) is 12.4 Å². The van der Waals surface area contributed by atoms with E-state index in [1.807, 2.05) is 20.1 Å². The predicted molar refractivity (Wildman–Crippen MR) is 83.6 cm³/mol. The van der Waals surface area contributed by atoms with E-state index >= 15 is 0 Å². The molecule has 0 fully saturated rings. The maximum absolute atomic E-state index is 12.1. The third-order valence-corrected chi connectivity index (χ3v) is 4.77. The lowest BCUT2D eigenvalue weighted by Gasteiger charge is -2.13. The second-order valence-electron chi connectivity index (χ2n) is 4.47. The van der Waals surface area contributed by atoms with Crippen LogP contribution in [0.1, 0.15) is 26.7 Å². The van der Waals surface area contributed by atoms with Crippen molar-refractivity contribution >= 4 is 27.7 Å². The molecule has 0 amide bonds. The summed E-state index contributed by atoms with van der Waals surface area (Å²) in [5, 5.41) is 3.00. The Morgan fingerprint density at radius 1 is 1.35 bits per heavy atom. The molecule has 0 bridgehead atoms. The van der Waals surface area contributed by atoms with Crippen molar-refractivity contribution in [3.8, 4) is 0 Å². The zero-order chi connectivity index (χ0) is 15.0. The monoisotopic (exact) mass is 318 g/mol. The molecule has 0 aliphatic carbocycles. The van der Waals surface area contributed by atoms with Gasteiger partial charge in [0.1, 0.15) is 4.90 Å². The lowest BCUT2D eigenvalue weighted by atomic mass is 10.3. The zero-order valence-corrected chi connectivity index (χ0v) is 13.7. The van der Waals surface area contributed by atoms with E-state index in [4.69, 9.17) is 0 Å². The molecule has 2 N–H and O–H groups in total. The van der Waals surface area contributed by atoms with E-state index in [1.165, 1.54) is 12.4 Å². The van der Waals surface area contributed by atoms with Crippen LogP contribution in [-0.4, -0.2) is 43.0 Å². The molecule has 114 valence electrons. The molecular formula is C12H22N4O2S2. The van der Waals surface area contributed by atoms with E-state index in [1.54, 1.807) is 11.8 Å². The summed E-state index contributed by atoms with van der Waals surface area (Å²) >= 11 is 1.69. The van der Waals surface area contributed by atoms with Crippen molar-refractivity contribution in [1.82, 2.24) is 14.7 Å².